The fourth-order valence-electron chi connectivity index (χ4n) is 1.43. The van der Waals surface area contributed by atoms with Crippen LogP contribution in [-0.4, -0.2) is 24.9 Å². The zero-order valence-corrected chi connectivity index (χ0v) is 10.7. The molecule has 1 amide bonds. The lowest BCUT2D eigenvalue weighted by atomic mass is 10.1. The number of hydrogen-bond acceptors (Lipinski definition) is 4. The highest BCUT2D eigenvalue weighted by atomic mass is 32.1. The summed E-state index contributed by atoms with van der Waals surface area (Å²) >= 11 is 3.02. The number of hydrogen-bond donors (Lipinski definition) is 1. The molecule has 0 saturated carbocycles. The van der Waals surface area contributed by atoms with Crippen LogP contribution in [0.3, 0.4) is 0 Å². The van der Waals surface area contributed by atoms with Crippen LogP contribution in [0, 0.1) is 0 Å². The van der Waals surface area contributed by atoms with Crippen LogP contribution in [0.25, 0.3) is 10.4 Å². The minimum atomic E-state index is -0.0397. The van der Waals surface area contributed by atoms with Gasteiger partial charge in [0.2, 0.25) is 0 Å². The molecule has 0 aliphatic carbocycles. The van der Waals surface area contributed by atoms with Gasteiger partial charge in [-0.3, -0.25) is 4.79 Å². The molecule has 0 unspecified atom stereocenters. The second-order valence-corrected chi connectivity index (χ2v) is 5.42. The molecule has 0 aliphatic heterocycles. The number of carbonyl (C=O) groups excluding carboxylic acids is 1. The Morgan fingerprint density at radius 2 is 2.12 bits per heavy atom. The molecule has 2 aromatic rings. The van der Waals surface area contributed by atoms with E-state index in [0.29, 0.717) is 10.6 Å². The third-order valence-electron chi connectivity index (χ3n) is 2.23. The third kappa shape index (κ3) is 1.83. The second-order valence-electron chi connectivity index (χ2n) is 3.57. The maximum Gasteiger partial charge on any atom is 0.256 e. The van der Waals surface area contributed by atoms with Gasteiger partial charge in [0, 0.05) is 29.9 Å². The number of rotatable bonds is 2. The molecule has 2 rings (SSSR count). The molecule has 84 valence electrons. The molecular weight excluding hydrogens is 240 g/mol. The lowest BCUT2D eigenvalue weighted by molar-refractivity contribution is 0.0830. The quantitative estimate of drug-likeness (QED) is 0.893. The third-order valence-corrected chi connectivity index (χ3v) is 3.94. The van der Waals surface area contributed by atoms with Gasteiger partial charge in [-0.15, -0.1) is 22.7 Å². The highest BCUT2D eigenvalue weighted by Crippen LogP contribution is 2.36. The van der Waals surface area contributed by atoms with Crippen molar-refractivity contribution >= 4 is 33.6 Å². The van der Waals surface area contributed by atoms with Gasteiger partial charge >= 0.3 is 0 Å². The van der Waals surface area contributed by atoms with E-state index in [1.807, 2.05) is 22.9 Å². The molecule has 2 N–H and O–H groups in total. The molecule has 0 spiro atoms. The van der Waals surface area contributed by atoms with Crippen molar-refractivity contribution in [2.45, 2.75) is 0 Å². The van der Waals surface area contributed by atoms with Crippen molar-refractivity contribution in [3.63, 3.8) is 0 Å². The van der Waals surface area contributed by atoms with Crippen LogP contribution in [-0.2, 0) is 0 Å². The van der Waals surface area contributed by atoms with Crippen LogP contribution in [0.15, 0.2) is 22.9 Å². The van der Waals surface area contributed by atoms with Crippen LogP contribution in [0.5, 0.6) is 0 Å². The molecule has 0 fully saturated rings. The monoisotopic (exact) mass is 252 g/mol. The first-order valence-electron chi connectivity index (χ1n) is 4.73. The van der Waals surface area contributed by atoms with Crippen LogP contribution in [0.1, 0.15) is 10.4 Å². The number of carbonyl (C=O) groups is 1. The van der Waals surface area contributed by atoms with E-state index in [1.54, 1.807) is 30.3 Å². The summed E-state index contributed by atoms with van der Waals surface area (Å²) in [4.78, 5) is 14.6. The Balaban J connectivity index is 2.53. The number of amides is 1. The Bertz CT molecular complexity index is 500. The van der Waals surface area contributed by atoms with Gasteiger partial charge in [-0.25, -0.2) is 0 Å². The highest BCUT2D eigenvalue weighted by molar-refractivity contribution is 7.16. The summed E-state index contributed by atoms with van der Waals surface area (Å²) in [7, 11) is 3.47. The Kier molecular flexibility index (Phi) is 2.98. The Hall–Kier alpha value is -1.33. The molecule has 2 heterocycles. The number of thiophene rings is 2. The van der Waals surface area contributed by atoms with Gasteiger partial charge < -0.3 is 10.6 Å². The van der Waals surface area contributed by atoms with Crippen molar-refractivity contribution in [1.82, 2.24) is 4.90 Å². The first kappa shape index (κ1) is 11.2. The lowest BCUT2D eigenvalue weighted by Gasteiger charge is -2.11. The van der Waals surface area contributed by atoms with Gasteiger partial charge in [0.1, 0.15) is 0 Å². The SMILES string of the molecule is CN(C)C(=O)c1c(-c2cccs2)csc1N. The maximum absolute atomic E-state index is 12.0. The van der Waals surface area contributed by atoms with E-state index < -0.39 is 0 Å². The molecule has 0 aromatic carbocycles. The number of anilines is 1. The molecule has 2 aromatic heterocycles. The lowest BCUT2D eigenvalue weighted by Crippen LogP contribution is -2.22. The largest absolute Gasteiger partial charge is 0.390 e. The van der Waals surface area contributed by atoms with Gasteiger partial charge in [-0.2, -0.15) is 0 Å². The summed E-state index contributed by atoms with van der Waals surface area (Å²) in [5.41, 5.74) is 7.43. The van der Waals surface area contributed by atoms with Gasteiger partial charge in [-0.05, 0) is 11.4 Å². The number of nitrogen functional groups attached to an aromatic ring is 1. The number of nitrogens with zero attached hydrogens (tertiary/aromatic N) is 1. The van der Waals surface area contributed by atoms with Crippen LogP contribution in [0.4, 0.5) is 5.00 Å². The summed E-state index contributed by atoms with van der Waals surface area (Å²) in [5.74, 6) is -0.0397. The normalized spacial score (nSPS) is 10.4. The zero-order valence-electron chi connectivity index (χ0n) is 9.06. The van der Waals surface area contributed by atoms with Gasteiger partial charge in [0.15, 0.2) is 0 Å². The fraction of sp³-hybridized carbons (Fsp3) is 0.182. The van der Waals surface area contributed by atoms with E-state index in [0.717, 1.165) is 10.4 Å². The summed E-state index contributed by atoms with van der Waals surface area (Å²) in [5, 5.41) is 4.52. The van der Waals surface area contributed by atoms with E-state index in [2.05, 4.69) is 0 Å². The minimum Gasteiger partial charge on any atom is -0.390 e. The van der Waals surface area contributed by atoms with Crippen molar-refractivity contribution in [3.8, 4) is 10.4 Å². The van der Waals surface area contributed by atoms with Crippen LogP contribution < -0.4 is 5.73 Å². The molecule has 0 aliphatic rings. The molecule has 5 heteroatoms. The van der Waals surface area contributed by atoms with Crippen molar-refractivity contribution in [3.05, 3.63) is 28.5 Å². The van der Waals surface area contributed by atoms with Crippen molar-refractivity contribution in [2.75, 3.05) is 19.8 Å². The predicted molar refractivity (Wildman–Crippen MR) is 70.1 cm³/mol. The van der Waals surface area contributed by atoms with E-state index in [9.17, 15) is 4.79 Å². The summed E-state index contributed by atoms with van der Waals surface area (Å²) in [6.45, 7) is 0. The Labute approximate surface area is 102 Å². The predicted octanol–water partition coefficient (Wildman–Crippen LogP) is 2.76. The van der Waals surface area contributed by atoms with Crippen LogP contribution >= 0.6 is 22.7 Å². The van der Waals surface area contributed by atoms with Gasteiger partial charge in [-0.1, -0.05) is 6.07 Å². The molecule has 0 atom stereocenters. The second kappa shape index (κ2) is 4.27. The summed E-state index contributed by atoms with van der Waals surface area (Å²) in [6, 6.07) is 3.97. The summed E-state index contributed by atoms with van der Waals surface area (Å²) < 4.78 is 0. The van der Waals surface area contributed by atoms with Gasteiger partial charge in [0.25, 0.3) is 5.91 Å². The standard InChI is InChI=1S/C11H12N2OS2/c1-13(2)11(14)9-7(6-16-10(9)12)8-4-3-5-15-8/h3-6H,12H2,1-2H3. The average Bonchev–Trinajstić information content (AvgIpc) is 2.84. The van der Waals surface area contributed by atoms with Gasteiger partial charge in [0.05, 0.1) is 10.6 Å². The van der Waals surface area contributed by atoms with E-state index in [1.165, 1.54) is 11.3 Å². The first-order valence-corrected chi connectivity index (χ1v) is 6.49. The topological polar surface area (TPSA) is 46.3 Å². The van der Waals surface area contributed by atoms with Crippen LogP contribution in [0.2, 0.25) is 0 Å². The summed E-state index contributed by atoms with van der Waals surface area (Å²) in [6.07, 6.45) is 0. The molecular formula is C11H12N2OS2. The highest BCUT2D eigenvalue weighted by Gasteiger charge is 2.20. The smallest absolute Gasteiger partial charge is 0.256 e. The molecule has 3 nitrogen and oxygen atoms in total. The van der Waals surface area contributed by atoms with E-state index in [-0.39, 0.29) is 5.91 Å². The zero-order chi connectivity index (χ0) is 11.7. The number of nitrogens with two attached hydrogens (primary N) is 1. The van der Waals surface area contributed by atoms with Crippen molar-refractivity contribution in [1.29, 1.82) is 0 Å². The average molecular weight is 252 g/mol. The molecule has 0 saturated heterocycles. The minimum absolute atomic E-state index is 0.0397. The van der Waals surface area contributed by atoms with E-state index in [4.69, 9.17) is 5.73 Å². The Morgan fingerprint density at radius 1 is 1.38 bits per heavy atom. The Morgan fingerprint density at radius 3 is 2.69 bits per heavy atom. The van der Waals surface area contributed by atoms with E-state index >= 15 is 0 Å². The molecule has 0 radical (unpaired) electrons. The maximum atomic E-state index is 12.0. The molecule has 0 bridgehead atoms. The molecule has 16 heavy (non-hydrogen) atoms. The fourth-order valence-corrected chi connectivity index (χ4v) is 3.06. The van der Waals surface area contributed by atoms with Crippen molar-refractivity contribution in [2.24, 2.45) is 0 Å². The first-order chi connectivity index (χ1) is 7.61. The van der Waals surface area contributed by atoms with Crippen molar-refractivity contribution < 1.29 is 4.79 Å².